The van der Waals surface area contributed by atoms with Gasteiger partial charge in [0.05, 0.1) is 13.2 Å². The van der Waals surface area contributed by atoms with Crippen molar-refractivity contribution in [2.75, 3.05) is 24.7 Å². The summed E-state index contributed by atoms with van der Waals surface area (Å²) in [5.41, 5.74) is 0.346. The van der Waals surface area contributed by atoms with E-state index in [4.69, 9.17) is 9.47 Å². The van der Waals surface area contributed by atoms with Crippen LogP contribution < -0.4 is 14.4 Å². The van der Waals surface area contributed by atoms with Crippen molar-refractivity contribution in [2.24, 2.45) is 0 Å². The number of ether oxygens (including phenoxy) is 2. The topological polar surface area (TPSA) is 38.8 Å². The van der Waals surface area contributed by atoms with Crippen LogP contribution in [0.3, 0.4) is 0 Å². The number of anilines is 1. The number of benzene rings is 2. The van der Waals surface area contributed by atoms with Gasteiger partial charge in [0, 0.05) is 24.7 Å². The van der Waals surface area contributed by atoms with Crippen molar-refractivity contribution in [1.29, 1.82) is 0 Å². The van der Waals surface area contributed by atoms with Crippen LogP contribution in [0.1, 0.15) is 26.7 Å². The number of amides is 1. The summed E-state index contributed by atoms with van der Waals surface area (Å²) in [6.45, 7) is 4.95. The van der Waals surface area contributed by atoms with E-state index >= 15 is 0 Å². The van der Waals surface area contributed by atoms with Crippen LogP contribution in [0.15, 0.2) is 42.5 Å². The molecular weight excluding hydrogens is 340 g/mol. The van der Waals surface area contributed by atoms with Crippen LogP contribution in [-0.4, -0.2) is 25.7 Å². The molecule has 4 nitrogen and oxygen atoms in total. The molecule has 0 fully saturated rings. The molecule has 0 radical (unpaired) electrons. The lowest BCUT2D eigenvalue weighted by molar-refractivity contribution is -0.118. The Morgan fingerprint density at radius 3 is 2.31 bits per heavy atom. The molecule has 0 aliphatic rings. The van der Waals surface area contributed by atoms with E-state index in [1.165, 1.54) is 11.0 Å². The predicted octanol–water partition coefficient (Wildman–Crippen LogP) is 4.58. The fraction of sp³-hybridized carbons (Fsp3) is 0.350. The highest BCUT2D eigenvalue weighted by Gasteiger charge is 2.15. The summed E-state index contributed by atoms with van der Waals surface area (Å²) in [5.74, 6) is -0.767. The molecule has 0 aliphatic carbocycles. The lowest BCUT2D eigenvalue weighted by Crippen LogP contribution is -2.30. The van der Waals surface area contributed by atoms with Gasteiger partial charge in [-0.2, -0.15) is 0 Å². The second kappa shape index (κ2) is 9.75. The largest absolute Gasteiger partial charge is 0.490 e. The van der Waals surface area contributed by atoms with E-state index in [-0.39, 0.29) is 12.3 Å². The molecular formula is C20H23F2NO3. The zero-order valence-electron chi connectivity index (χ0n) is 15.0. The van der Waals surface area contributed by atoms with E-state index in [2.05, 4.69) is 0 Å². The normalized spacial score (nSPS) is 10.5. The average molecular weight is 363 g/mol. The Labute approximate surface area is 152 Å². The number of halogens is 2. The summed E-state index contributed by atoms with van der Waals surface area (Å²) in [7, 11) is 0. The molecule has 2 rings (SSSR count). The molecule has 0 aliphatic heterocycles. The molecule has 6 heteroatoms. The summed E-state index contributed by atoms with van der Waals surface area (Å²) in [4.78, 5) is 13.8. The molecule has 1 amide bonds. The third-order valence-corrected chi connectivity index (χ3v) is 3.77. The average Bonchev–Trinajstić information content (AvgIpc) is 2.64. The van der Waals surface area contributed by atoms with E-state index in [9.17, 15) is 13.6 Å². The Balaban J connectivity index is 1.88. The van der Waals surface area contributed by atoms with Crippen molar-refractivity contribution in [3.63, 3.8) is 0 Å². The third kappa shape index (κ3) is 5.18. The fourth-order valence-corrected chi connectivity index (χ4v) is 2.54. The smallest absolute Gasteiger partial charge is 0.227 e. The Morgan fingerprint density at radius 1 is 1.00 bits per heavy atom. The van der Waals surface area contributed by atoms with Crippen LogP contribution in [0.5, 0.6) is 11.5 Å². The molecule has 0 bridgehead atoms. The summed E-state index contributed by atoms with van der Waals surface area (Å²) in [5, 5.41) is 0. The van der Waals surface area contributed by atoms with Gasteiger partial charge in [0.2, 0.25) is 5.91 Å². The van der Waals surface area contributed by atoms with E-state index < -0.39 is 11.6 Å². The zero-order chi connectivity index (χ0) is 18.9. The Morgan fingerprint density at radius 2 is 1.69 bits per heavy atom. The molecule has 0 N–H and O–H groups in total. The molecule has 140 valence electrons. The van der Waals surface area contributed by atoms with Crippen LogP contribution >= 0.6 is 0 Å². The molecule has 0 spiro atoms. The van der Waals surface area contributed by atoms with Crippen LogP contribution in [0, 0.1) is 11.6 Å². The Kier molecular flexibility index (Phi) is 7.38. The molecule has 2 aromatic carbocycles. The quantitative estimate of drug-likeness (QED) is 0.613. The maximum absolute atomic E-state index is 13.4. The second-order valence-corrected chi connectivity index (χ2v) is 5.57. The predicted molar refractivity (Wildman–Crippen MR) is 96.7 cm³/mol. The van der Waals surface area contributed by atoms with Gasteiger partial charge in [0.25, 0.3) is 0 Å². The highest BCUT2D eigenvalue weighted by molar-refractivity contribution is 5.93. The van der Waals surface area contributed by atoms with Crippen LogP contribution in [0.4, 0.5) is 14.5 Å². The van der Waals surface area contributed by atoms with Crippen LogP contribution in [0.25, 0.3) is 0 Å². The number of carbonyl (C=O) groups is 1. The Hall–Kier alpha value is -2.63. The molecule has 2 aromatic rings. The lowest BCUT2D eigenvalue weighted by Gasteiger charge is -2.21. The third-order valence-electron chi connectivity index (χ3n) is 3.77. The highest BCUT2D eigenvalue weighted by atomic mass is 19.2. The van der Waals surface area contributed by atoms with Gasteiger partial charge in [0.1, 0.15) is 0 Å². The first-order valence-electron chi connectivity index (χ1n) is 8.66. The first-order chi connectivity index (χ1) is 12.6. The van der Waals surface area contributed by atoms with Gasteiger partial charge in [-0.25, -0.2) is 8.78 Å². The Bertz CT molecular complexity index is 737. The standard InChI is InChI=1S/C20H23F2NO3/c1-3-23(15-11-12-16(21)17(22)14-15)20(24)10-7-13-26-19-9-6-5-8-18(19)25-4-2/h5-6,8-9,11-12,14H,3-4,7,10,13H2,1-2H3. The van der Waals surface area contributed by atoms with E-state index in [1.807, 2.05) is 31.2 Å². The van der Waals surface area contributed by atoms with Crippen molar-refractivity contribution >= 4 is 11.6 Å². The molecule has 0 atom stereocenters. The summed E-state index contributed by atoms with van der Waals surface area (Å²) >= 11 is 0. The lowest BCUT2D eigenvalue weighted by atomic mass is 10.2. The van der Waals surface area contributed by atoms with Gasteiger partial charge in [-0.1, -0.05) is 12.1 Å². The fourth-order valence-electron chi connectivity index (χ4n) is 2.54. The van der Waals surface area contributed by atoms with Crippen LogP contribution in [0.2, 0.25) is 0 Å². The molecule has 0 saturated heterocycles. The zero-order valence-corrected chi connectivity index (χ0v) is 15.0. The molecule has 26 heavy (non-hydrogen) atoms. The monoisotopic (exact) mass is 363 g/mol. The first-order valence-corrected chi connectivity index (χ1v) is 8.66. The second-order valence-electron chi connectivity index (χ2n) is 5.57. The summed E-state index contributed by atoms with van der Waals surface area (Å²) in [6.07, 6.45) is 0.739. The number of carbonyl (C=O) groups excluding carboxylic acids is 1. The summed E-state index contributed by atoms with van der Waals surface area (Å²) in [6, 6.07) is 10.8. The molecule has 0 heterocycles. The van der Waals surface area contributed by atoms with Crippen molar-refractivity contribution in [2.45, 2.75) is 26.7 Å². The first kappa shape index (κ1) is 19.7. The number of hydrogen-bond acceptors (Lipinski definition) is 3. The maximum atomic E-state index is 13.4. The highest BCUT2D eigenvalue weighted by Crippen LogP contribution is 2.26. The van der Waals surface area contributed by atoms with E-state index in [1.54, 1.807) is 6.92 Å². The van der Waals surface area contributed by atoms with Crippen molar-refractivity contribution < 1.29 is 23.0 Å². The van der Waals surface area contributed by atoms with Gasteiger partial charge >= 0.3 is 0 Å². The van der Waals surface area contributed by atoms with Crippen molar-refractivity contribution in [3.05, 3.63) is 54.1 Å². The minimum absolute atomic E-state index is 0.166. The van der Waals surface area contributed by atoms with Crippen LogP contribution in [-0.2, 0) is 4.79 Å². The van der Waals surface area contributed by atoms with Gasteiger partial charge in [-0.3, -0.25) is 4.79 Å². The number of para-hydroxylation sites is 2. The maximum Gasteiger partial charge on any atom is 0.227 e. The van der Waals surface area contributed by atoms with E-state index in [0.717, 1.165) is 12.1 Å². The summed E-state index contributed by atoms with van der Waals surface area (Å²) < 4.78 is 37.6. The van der Waals surface area contributed by atoms with Gasteiger partial charge in [-0.05, 0) is 44.5 Å². The van der Waals surface area contributed by atoms with Gasteiger partial charge in [0.15, 0.2) is 23.1 Å². The van der Waals surface area contributed by atoms with Gasteiger partial charge < -0.3 is 14.4 Å². The van der Waals surface area contributed by atoms with E-state index in [0.29, 0.717) is 43.4 Å². The van der Waals surface area contributed by atoms with Gasteiger partial charge in [-0.15, -0.1) is 0 Å². The SMILES string of the molecule is CCOc1ccccc1OCCCC(=O)N(CC)c1ccc(F)c(F)c1. The van der Waals surface area contributed by atoms with Crippen molar-refractivity contribution in [1.82, 2.24) is 0 Å². The minimum atomic E-state index is -0.968. The number of hydrogen-bond donors (Lipinski definition) is 0. The number of rotatable bonds is 9. The number of nitrogens with zero attached hydrogens (tertiary/aromatic N) is 1. The minimum Gasteiger partial charge on any atom is -0.490 e. The molecule has 0 aromatic heterocycles. The molecule has 0 unspecified atom stereocenters. The van der Waals surface area contributed by atoms with Crippen molar-refractivity contribution in [3.8, 4) is 11.5 Å². The molecule has 0 saturated carbocycles.